The molecule has 0 aromatic heterocycles. The van der Waals surface area contributed by atoms with Crippen LogP contribution in [0, 0.1) is 11.3 Å². The van der Waals surface area contributed by atoms with E-state index in [1.54, 1.807) is 0 Å². The van der Waals surface area contributed by atoms with Crippen LogP contribution >= 0.6 is 0 Å². The van der Waals surface area contributed by atoms with E-state index in [-0.39, 0.29) is 18.9 Å². The zero-order valence-corrected chi connectivity index (χ0v) is 18.4. The third-order valence-electron chi connectivity index (χ3n) is 5.71. The number of nitriles is 1. The van der Waals surface area contributed by atoms with Crippen LogP contribution in [0.2, 0.25) is 0 Å². The fraction of sp³-hybridized carbons (Fsp3) is 0.360. The van der Waals surface area contributed by atoms with Crippen molar-refractivity contribution < 1.29 is 24.2 Å². The summed E-state index contributed by atoms with van der Waals surface area (Å²) in [4.78, 5) is 36.2. The van der Waals surface area contributed by atoms with Crippen LogP contribution in [0.1, 0.15) is 49.7 Å². The summed E-state index contributed by atoms with van der Waals surface area (Å²) in [6.45, 7) is 1.45. The Hall–Kier alpha value is -3.86. The number of hydrogen-bond acceptors (Lipinski definition) is 5. The molecular formula is C25H27N3O5. The van der Waals surface area contributed by atoms with Crippen molar-refractivity contribution >= 4 is 18.0 Å². The Morgan fingerprint density at radius 3 is 2.21 bits per heavy atom. The predicted octanol–water partition coefficient (Wildman–Crippen LogP) is 3.57. The standard InChI is InChI=1S/C25H27N3O5/c1-16(24(30)31)27-23(29)22(13-3-2-8-14-26)28-25(32)33-15-21-19-11-6-4-9-17(19)18-10-5-7-12-20(18)21/h4-7,9-12,16,21-22H,2-3,8,13,15H2,1H3,(H,27,29)(H,28,32)(H,30,31). The maximum atomic E-state index is 12.6. The lowest BCUT2D eigenvalue weighted by atomic mass is 9.98. The van der Waals surface area contributed by atoms with Crippen LogP contribution in [0.25, 0.3) is 11.1 Å². The minimum atomic E-state index is -1.17. The second-order valence-electron chi connectivity index (χ2n) is 7.99. The van der Waals surface area contributed by atoms with Crippen molar-refractivity contribution in [1.29, 1.82) is 5.26 Å². The molecule has 0 bridgehead atoms. The summed E-state index contributed by atoms with van der Waals surface area (Å²) < 4.78 is 5.50. The van der Waals surface area contributed by atoms with Crippen LogP contribution in [0.15, 0.2) is 48.5 Å². The van der Waals surface area contributed by atoms with Gasteiger partial charge in [-0.15, -0.1) is 0 Å². The lowest BCUT2D eigenvalue weighted by Gasteiger charge is -2.20. The largest absolute Gasteiger partial charge is 0.480 e. The van der Waals surface area contributed by atoms with E-state index in [4.69, 9.17) is 15.1 Å². The van der Waals surface area contributed by atoms with Crippen molar-refractivity contribution in [2.75, 3.05) is 6.61 Å². The molecule has 2 amide bonds. The SMILES string of the molecule is CC(NC(=O)C(CCCCC#N)NC(=O)OCC1c2ccccc2-c2ccccc21)C(=O)O. The molecule has 1 aliphatic carbocycles. The number of carbonyl (C=O) groups is 3. The molecule has 3 rings (SSSR count). The van der Waals surface area contributed by atoms with E-state index in [1.807, 2.05) is 54.6 Å². The summed E-state index contributed by atoms with van der Waals surface area (Å²) in [6, 6.07) is 15.9. The van der Waals surface area contributed by atoms with E-state index in [1.165, 1.54) is 6.92 Å². The highest BCUT2D eigenvalue weighted by atomic mass is 16.5. The Balaban J connectivity index is 1.64. The summed E-state index contributed by atoms with van der Waals surface area (Å²) in [5.41, 5.74) is 4.37. The maximum absolute atomic E-state index is 12.6. The zero-order valence-electron chi connectivity index (χ0n) is 18.4. The molecule has 0 spiro atoms. The van der Waals surface area contributed by atoms with Gasteiger partial charge in [0.1, 0.15) is 18.7 Å². The van der Waals surface area contributed by atoms with Crippen LogP contribution in [0.3, 0.4) is 0 Å². The van der Waals surface area contributed by atoms with E-state index in [0.29, 0.717) is 19.3 Å². The zero-order chi connectivity index (χ0) is 23.8. The molecule has 0 saturated heterocycles. The number of ether oxygens (including phenoxy) is 1. The van der Waals surface area contributed by atoms with Crippen molar-refractivity contribution in [2.24, 2.45) is 0 Å². The quantitative estimate of drug-likeness (QED) is 0.476. The van der Waals surface area contributed by atoms with Gasteiger partial charge in [-0.05, 0) is 48.4 Å². The molecule has 3 N–H and O–H groups in total. The van der Waals surface area contributed by atoms with Gasteiger partial charge in [-0.25, -0.2) is 4.79 Å². The molecule has 2 unspecified atom stereocenters. The number of nitrogens with zero attached hydrogens (tertiary/aromatic N) is 1. The van der Waals surface area contributed by atoms with Gasteiger partial charge in [-0.1, -0.05) is 48.5 Å². The van der Waals surface area contributed by atoms with Gasteiger partial charge in [0.15, 0.2) is 0 Å². The molecule has 1 aliphatic rings. The molecule has 8 nitrogen and oxygen atoms in total. The van der Waals surface area contributed by atoms with Crippen LogP contribution in [0.4, 0.5) is 4.79 Å². The minimum absolute atomic E-state index is 0.105. The van der Waals surface area contributed by atoms with Gasteiger partial charge in [-0.2, -0.15) is 5.26 Å². The second-order valence-corrected chi connectivity index (χ2v) is 7.99. The molecule has 2 atom stereocenters. The fourth-order valence-corrected chi connectivity index (χ4v) is 3.98. The monoisotopic (exact) mass is 449 g/mol. The van der Waals surface area contributed by atoms with E-state index in [9.17, 15) is 14.4 Å². The van der Waals surface area contributed by atoms with Gasteiger partial charge >= 0.3 is 12.1 Å². The second kappa shape index (κ2) is 11.1. The number of alkyl carbamates (subject to hydrolysis) is 1. The molecule has 0 aliphatic heterocycles. The van der Waals surface area contributed by atoms with Gasteiger partial charge in [0, 0.05) is 12.3 Å². The van der Waals surface area contributed by atoms with Crippen molar-refractivity contribution in [1.82, 2.24) is 10.6 Å². The van der Waals surface area contributed by atoms with Gasteiger partial charge in [0.2, 0.25) is 5.91 Å². The molecule has 0 heterocycles. The first-order valence-corrected chi connectivity index (χ1v) is 10.9. The van der Waals surface area contributed by atoms with Gasteiger partial charge in [0.05, 0.1) is 6.07 Å². The maximum Gasteiger partial charge on any atom is 0.407 e. The first kappa shape index (κ1) is 23.8. The highest BCUT2D eigenvalue weighted by Gasteiger charge is 2.30. The molecule has 172 valence electrons. The average Bonchev–Trinajstić information content (AvgIpc) is 3.13. The lowest BCUT2D eigenvalue weighted by molar-refractivity contribution is -0.141. The van der Waals surface area contributed by atoms with E-state index in [2.05, 4.69) is 10.6 Å². The molecule has 0 fully saturated rings. The number of unbranched alkanes of at least 4 members (excludes halogenated alkanes) is 2. The molecule has 0 saturated carbocycles. The summed E-state index contributed by atoms with van der Waals surface area (Å²) >= 11 is 0. The first-order chi connectivity index (χ1) is 15.9. The molecule has 33 heavy (non-hydrogen) atoms. The lowest BCUT2D eigenvalue weighted by Crippen LogP contribution is -2.50. The Morgan fingerprint density at radius 2 is 1.64 bits per heavy atom. The fourth-order valence-electron chi connectivity index (χ4n) is 3.98. The molecule has 8 heteroatoms. The number of amides is 2. The number of hydrogen-bond donors (Lipinski definition) is 3. The summed E-state index contributed by atoms with van der Waals surface area (Å²) in [5, 5.41) is 22.7. The molecular weight excluding hydrogens is 422 g/mol. The van der Waals surface area contributed by atoms with Crippen molar-refractivity contribution in [3.8, 4) is 17.2 Å². The van der Waals surface area contributed by atoms with Crippen LogP contribution < -0.4 is 10.6 Å². The normalized spacial score (nSPS) is 13.7. The van der Waals surface area contributed by atoms with E-state index in [0.717, 1.165) is 22.3 Å². The molecule has 0 radical (unpaired) electrons. The summed E-state index contributed by atoms with van der Waals surface area (Å²) in [6.07, 6.45) is 0.951. The summed E-state index contributed by atoms with van der Waals surface area (Å²) in [5.74, 6) is -1.89. The van der Waals surface area contributed by atoms with Crippen LogP contribution in [-0.4, -0.2) is 41.8 Å². The number of fused-ring (bicyclic) bond motifs is 3. The average molecular weight is 450 g/mol. The minimum Gasteiger partial charge on any atom is -0.480 e. The topological polar surface area (TPSA) is 129 Å². The van der Waals surface area contributed by atoms with Crippen molar-refractivity contribution in [3.63, 3.8) is 0 Å². The Morgan fingerprint density at radius 1 is 1.03 bits per heavy atom. The third-order valence-corrected chi connectivity index (χ3v) is 5.71. The molecule has 2 aromatic carbocycles. The van der Waals surface area contributed by atoms with Crippen molar-refractivity contribution in [2.45, 2.75) is 50.6 Å². The summed E-state index contributed by atoms with van der Waals surface area (Å²) in [7, 11) is 0. The van der Waals surface area contributed by atoms with Crippen molar-refractivity contribution in [3.05, 3.63) is 59.7 Å². The first-order valence-electron chi connectivity index (χ1n) is 10.9. The predicted molar refractivity (Wildman–Crippen MR) is 121 cm³/mol. The van der Waals surface area contributed by atoms with E-state index >= 15 is 0 Å². The highest BCUT2D eigenvalue weighted by Crippen LogP contribution is 2.44. The number of benzene rings is 2. The third kappa shape index (κ3) is 5.89. The van der Waals surface area contributed by atoms with Gasteiger partial charge in [-0.3, -0.25) is 9.59 Å². The number of carboxylic acid groups (broad SMARTS) is 1. The number of carbonyl (C=O) groups excluding carboxylic acids is 2. The molecule has 2 aromatic rings. The van der Waals surface area contributed by atoms with Crippen LogP contribution in [0.5, 0.6) is 0 Å². The number of nitrogens with one attached hydrogen (secondary N) is 2. The number of carboxylic acids is 1. The number of aliphatic carboxylic acids is 1. The smallest absolute Gasteiger partial charge is 0.407 e. The highest BCUT2D eigenvalue weighted by molar-refractivity contribution is 5.89. The Kier molecular flexibility index (Phi) is 8.03. The number of rotatable bonds is 10. The van der Waals surface area contributed by atoms with Gasteiger partial charge in [0.25, 0.3) is 0 Å². The van der Waals surface area contributed by atoms with Gasteiger partial charge < -0.3 is 20.5 Å². The van der Waals surface area contributed by atoms with E-state index < -0.39 is 30.1 Å². The van der Waals surface area contributed by atoms with Crippen LogP contribution in [-0.2, 0) is 14.3 Å². The Bertz CT molecular complexity index is 1020. The Labute approximate surface area is 192 Å².